The van der Waals surface area contributed by atoms with E-state index in [4.69, 9.17) is 5.73 Å². The molecule has 0 aliphatic carbocycles. The van der Waals surface area contributed by atoms with Crippen LogP contribution in [-0.4, -0.2) is 19.6 Å². The summed E-state index contributed by atoms with van der Waals surface area (Å²) >= 11 is 0. The second-order valence-corrected chi connectivity index (χ2v) is 2.02. The van der Waals surface area contributed by atoms with E-state index >= 15 is 0 Å². The SMILES string of the molecule is Nc1n[nH]c2nccc(=O)n12. The van der Waals surface area contributed by atoms with Crippen LogP contribution in [-0.2, 0) is 0 Å². The maximum Gasteiger partial charge on any atom is 0.261 e. The van der Waals surface area contributed by atoms with Gasteiger partial charge in [-0.1, -0.05) is 0 Å². The Morgan fingerprint density at radius 3 is 3.18 bits per heavy atom. The van der Waals surface area contributed by atoms with Crippen molar-refractivity contribution in [1.29, 1.82) is 0 Å². The van der Waals surface area contributed by atoms with E-state index in [9.17, 15) is 4.79 Å². The summed E-state index contributed by atoms with van der Waals surface area (Å²) in [5, 5.41) is 6.12. The highest BCUT2D eigenvalue weighted by Gasteiger charge is 2.01. The molecule has 0 bridgehead atoms. The van der Waals surface area contributed by atoms with Crippen molar-refractivity contribution < 1.29 is 0 Å². The van der Waals surface area contributed by atoms with Gasteiger partial charge in [0.25, 0.3) is 5.56 Å². The fourth-order valence-electron chi connectivity index (χ4n) is 0.866. The average Bonchev–Trinajstić information content (AvgIpc) is 2.34. The Morgan fingerprint density at radius 1 is 1.64 bits per heavy atom. The fraction of sp³-hybridized carbons (Fsp3) is 0. The van der Waals surface area contributed by atoms with Crippen molar-refractivity contribution in [2.75, 3.05) is 5.73 Å². The molecule has 0 atom stereocenters. The van der Waals surface area contributed by atoms with Crippen molar-refractivity contribution in [3.63, 3.8) is 0 Å². The van der Waals surface area contributed by atoms with E-state index < -0.39 is 0 Å². The minimum atomic E-state index is -0.235. The van der Waals surface area contributed by atoms with E-state index in [-0.39, 0.29) is 11.5 Å². The van der Waals surface area contributed by atoms with Crippen molar-refractivity contribution in [3.05, 3.63) is 22.6 Å². The molecule has 2 rings (SSSR count). The summed E-state index contributed by atoms with van der Waals surface area (Å²) < 4.78 is 1.19. The van der Waals surface area contributed by atoms with Crippen LogP contribution in [0.15, 0.2) is 17.1 Å². The Labute approximate surface area is 60.7 Å². The van der Waals surface area contributed by atoms with Crippen LogP contribution in [0.1, 0.15) is 0 Å². The molecule has 0 aliphatic heterocycles. The number of nitrogens with zero attached hydrogens (tertiary/aromatic N) is 3. The normalized spacial score (nSPS) is 10.5. The van der Waals surface area contributed by atoms with Gasteiger partial charge in [-0.3, -0.25) is 4.79 Å². The molecule has 0 fully saturated rings. The number of hydrogen-bond acceptors (Lipinski definition) is 4. The maximum absolute atomic E-state index is 11.0. The lowest BCUT2D eigenvalue weighted by atomic mass is 10.6. The lowest BCUT2D eigenvalue weighted by Crippen LogP contribution is -2.13. The number of aromatic nitrogens is 4. The van der Waals surface area contributed by atoms with Crippen LogP contribution in [0.25, 0.3) is 5.78 Å². The Balaban J connectivity index is 3.08. The molecule has 2 aromatic rings. The van der Waals surface area contributed by atoms with Gasteiger partial charge in [0.2, 0.25) is 11.7 Å². The number of rotatable bonds is 0. The molecule has 6 nitrogen and oxygen atoms in total. The van der Waals surface area contributed by atoms with E-state index in [1.54, 1.807) is 0 Å². The molecule has 3 N–H and O–H groups in total. The number of H-pyrrole nitrogens is 1. The van der Waals surface area contributed by atoms with E-state index in [1.165, 1.54) is 16.7 Å². The average molecular weight is 151 g/mol. The van der Waals surface area contributed by atoms with E-state index in [0.717, 1.165) is 0 Å². The van der Waals surface area contributed by atoms with Crippen LogP contribution >= 0.6 is 0 Å². The molecule has 0 unspecified atom stereocenters. The van der Waals surface area contributed by atoms with Crippen LogP contribution < -0.4 is 11.3 Å². The van der Waals surface area contributed by atoms with Crippen LogP contribution in [0.5, 0.6) is 0 Å². The Bertz CT molecular complexity index is 441. The van der Waals surface area contributed by atoms with Crippen molar-refractivity contribution in [3.8, 4) is 0 Å². The maximum atomic E-state index is 11.0. The quantitative estimate of drug-likeness (QED) is 0.505. The fourth-order valence-corrected chi connectivity index (χ4v) is 0.866. The van der Waals surface area contributed by atoms with Gasteiger partial charge in [-0.05, 0) is 0 Å². The molecule has 0 amide bonds. The summed E-state index contributed by atoms with van der Waals surface area (Å²) in [6, 6.07) is 1.32. The minimum Gasteiger partial charge on any atom is -0.368 e. The number of hydrogen-bond donors (Lipinski definition) is 2. The minimum absolute atomic E-state index is 0.123. The lowest BCUT2D eigenvalue weighted by molar-refractivity contribution is 1.06. The monoisotopic (exact) mass is 151 g/mol. The number of nitrogens with two attached hydrogens (primary N) is 1. The molecule has 0 saturated heterocycles. The van der Waals surface area contributed by atoms with E-state index in [2.05, 4.69) is 15.2 Å². The molecule has 6 heteroatoms. The van der Waals surface area contributed by atoms with Gasteiger partial charge in [-0.15, -0.1) is 5.10 Å². The first-order chi connectivity index (χ1) is 5.29. The topological polar surface area (TPSA) is 89.1 Å². The molecule has 0 saturated carbocycles. The molecule has 0 aliphatic rings. The van der Waals surface area contributed by atoms with Gasteiger partial charge >= 0.3 is 0 Å². The molecule has 56 valence electrons. The number of fused-ring (bicyclic) bond motifs is 1. The lowest BCUT2D eigenvalue weighted by Gasteiger charge is -1.88. The Hall–Kier alpha value is -1.85. The highest BCUT2D eigenvalue weighted by molar-refractivity contribution is 5.34. The van der Waals surface area contributed by atoms with Crippen molar-refractivity contribution >= 4 is 11.7 Å². The van der Waals surface area contributed by atoms with Crippen LogP contribution in [0, 0.1) is 0 Å². The van der Waals surface area contributed by atoms with Crippen molar-refractivity contribution in [2.45, 2.75) is 0 Å². The summed E-state index contributed by atoms with van der Waals surface area (Å²) in [5.74, 6) is 0.480. The Morgan fingerprint density at radius 2 is 2.45 bits per heavy atom. The molecular weight excluding hydrogens is 146 g/mol. The van der Waals surface area contributed by atoms with Crippen LogP contribution in [0.2, 0.25) is 0 Å². The molecule has 0 spiro atoms. The number of nitrogen functional groups attached to an aromatic ring is 1. The first kappa shape index (κ1) is 5.90. The third-order valence-corrected chi connectivity index (χ3v) is 1.35. The second-order valence-electron chi connectivity index (χ2n) is 2.02. The summed E-state index contributed by atoms with van der Waals surface area (Å²) in [5.41, 5.74) is 5.12. The van der Waals surface area contributed by atoms with Crippen LogP contribution in [0.3, 0.4) is 0 Å². The van der Waals surface area contributed by atoms with Crippen LogP contribution in [0.4, 0.5) is 5.95 Å². The number of aromatic amines is 1. The first-order valence-corrected chi connectivity index (χ1v) is 2.96. The molecule has 2 heterocycles. The predicted molar refractivity (Wildman–Crippen MR) is 38.0 cm³/mol. The molecule has 11 heavy (non-hydrogen) atoms. The van der Waals surface area contributed by atoms with Gasteiger partial charge in [0, 0.05) is 12.3 Å². The zero-order valence-electron chi connectivity index (χ0n) is 5.48. The highest BCUT2D eigenvalue weighted by atomic mass is 16.1. The van der Waals surface area contributed by atoms with Gasteiger partial charge < -0.3 is 5.73 Å². The van der Waals surface area contributed by atoms with Gasteiger partial charge in [-0.2, -0.15) is 0 Å². The summed E-state index contributed by atoms with van der Waals surface area (Å²) in [7, 11) is 0. The second kappa shape index (κ2) is 1.82. The predicted octanol–water partition coefficient (Wildman–Crippen LogP) is -1.00. The Kier molecular flexibility index (Phi) is 0.974. The molecule has 0 radical (unpaired) electrons. The van der Waals surface area contributed by atoms with E-state index in [1.807, 2.05) is 0 Å². The van der Waals surface area contributed by atoms with Gasteiger partial charge in [-0.25, -0.2) is 14.5 Å². The third-order valence-electron chi connectivity index (χ3n) is 1.35. The van der Waals surface area contributed by atoms with Gasteiger partial charge in [0.1, 0.15) is 0 Å². The molecule has 2 aromatic heterocycles. The third kappa shape index (κ3) is 0.689. The zero-order chi connectivity index (χ0) is 7.84. The number of nitrogens with one attached hydrogen (secondary N) is 1. The summed E-state index contributed by atoms with van der Waals surface area (Å²) in [4.78, 5) is 14.9. The van der Waals surface area contributed by atoms with Crippen molar-refractivity contribution in [1.82, 2.24) is 19.6 Å². The first-order valence-electron chi connectivity index (χ1n) is 2.96. The molecule has 0 aromatic carbocycles. The summed E-state index contributed by atoms with van der Waals surface area (Å²) in [6.45, 7) is 0. The van der Waals surface area contributed by atoms with Gasteiger partial charge in [0.05, 0.1) is 0 Å². The highest BCUT2D eigenvalue weighted by Crippen LogP contribution is 1.94. The molecular formula is C5H5N5O. The van der Waals surface area contributed by atoms with Gasteiger partial charge in [0.15, 0.2) is 0 Å². The summed E-state index contributed by atoms with van der Waals surface area (Å²) in [6.07, 6.45) is 1.40. The number of anilines is 1. The van der Waals surface area contributed by atoms with E-state index in [0.29, 0.717) is 5.78 Å². The van der Waals surface area contributed by atoms with Crippen molar-refractivity contribution in [2.24, 2.45) is 0 Å². The standard InChI is InChI=1S/C5H5N5O/c6-4-8-9-5-7-2-1-3(11)10(4)5/h1-2H,(H2,6,8)(H,7,9). The smallest absolute Gasteiger partial charge is 0.261 e. The largest absolute Gasteiger partial charge is 0.368 e. The zero-order valence-corrected chi connectivity index (χ0v) is 5.48.